The lowest BCUT2D eigenvalue weighted by molar-refractivity contribution is -0.104. The largest absolute Gasteiger partial charge is 0.383 e. The third kappa shape index (κ3) is 2.14. The summed E-state index contributed by atoms with van der Waals surface area (Å²) in [5.74, 6) is 0.870. The normalized spacial score (nSPS) is 25.7. The van der Waals surface area contributed by atoms with Crippen LogP contribution in [0, 0.1) is 0 Å². The molecule has 2 N–H and O–H groups in total. The fraction of sp³-hybridized carbons (Fsp3) is 0.500. The van der Waals surface area contributed by atoms with Crippen LogP contribution in [0.25, 0.3) is 0 Å². The SMILES string of the molecule is CO[C@@H]1O[C@@H](n2ccc(N)nc2=O)CS1. The maximum absolute atomic E-state index is 11.5. The lowest BCUT2D eigenvalue weighted by Crippen LogP contribution is -2.28. The van der Waals surface area contributed by atoms with Crippen LogP contribution in [-0.2, 0) is 9.47 Å². The van der Waals surface area contributed by atoms with Crippen LogP contribution < -0.4 is 11.4 Å². The van der Waals surface area contributed by atoms with E-state index in [1.54, 1.807) is 19.4 Å². The van der Waals surface area contributed by atoms with Crippen LogP contribution in [0.1, 0.15) is 6.23 Å². The molecule has 0 saturated carbocycles. The molecule has 1 aromatic heterocycles. The van der Waals surface area contributed by atoms with E-state index in [2.05, 4.69) is 4.98 Å². The lowest BCUT2D eigenvalue weighted by atomic mass is 10.5. The first kappa shape index (κ1) is 10.5. The Morgan fingerprint density at radius 3 is 3.20 bits per heavy atom. The van der Waals surface area contributed by atoms with Gasteiger partial charge in [0.25, 0.3) is 0 Å². The topological polar surface area (TPSA) is 79.4 Å². The maximum Gasteiger partial charge on any atom is 0.351 e. The number of aromatic nitrogens is 2. The second kappa shape index (κ2) is 4.21. The number of nitrogens with two attached hydrogens (primary N) is 1. The summed E-state index contributed by atoms with van der Waals surface area (Å²) in [4.78, 5) is 15.1. The molecule has 1 aromatic rings. The highest BCUT2D eigenvalue weighted by atomic mass is 32.2. The summed E-state index contributed by atoms with van der Waals surface area (Å²) in [6, 6.07) is 1.57. The number of anilines is 1. The van der Waals surface area contributed by atoms with E-state index >= 15 is 0 Å². The van der Waals surface area contributed by atoms with E-state index in [4.69, 9.17) is 15.2 Å². The van der Waals surface area contributed by atoms with Gasteiger partial charge in [-0.25, -0.2) is 4.79 Å². The van der Waals surface area contributed by atoms with Crippen molar-refractivity contribution in [3.8, 4) is 0 Å². The van der Waals surface area contributed by atoms with Crippen molar-refractivity contribution in [2.45, 2.75) is 11.8 Å². The molecule has 0 radical (unpaired) electrons. The van der Waals surface area contributed by atoms with Crippen LogP contribution in [0.3, 0.4) is 0 Å². The van der Waals surface area contributed by atoms with E-state index in [1.165, 1.54) is 16.3 Å². The summed E-state index contributed by atoms with van der Waals surface area (Å²) in [6.07, 6.45) is 1.24. The van der Waals surface area contributed by atoms with Gasteiger partial charge in [-0.05, 0) is 6.07 Å². The van der Waals surface area contributed by atoms with E-state index in [-0.39, 0.29) is 17.7 Å². The van der Waals surface area contributed by atoms with E-state index in [0.29, 0.717) is 5.75 Å². The first-order valence-electron chi connectivity index (χ1n) is 4.35. The standard InChI is InChI=1S/C8H11N3O3S/c1-13-8-14-6(4-15-8)11-3-2-5(9)10-7(11)12/h2-3,6,8H,4H2,1H3,(H2,9,10,12)/t6-,8-/m1/s1. The molecule has 1 saturated heterocycles. The first-order chi connectivity index (χ1) is 7.20. The summed E-state index contributed by atoms with van der Waals surface area (Å²) in [7, 11) is 1.56. The predicted octanol–water partition coefficient (Wildman–Crippen LogP) is 0.0175. The molecule has 0 amide bonds. The molecule has 0 bridgehead atoms. The Balaban J connectivity index is 2.20. The second-order valence-corrected chi connectivity index (χ2v) is 4.04. The van der Waals surface area contributed by atoms with Gasteiger partial charge in [0.1, 0.15) is 5.82 Å². The second-order valence-electron chi connectivity index (χ2n) is 2.99. The third-order valence-electron chi connectivity index (χ3n) is 2.00. The fourth-order valence-electron chi connectivity index (χ4n) is 1.28. The van der Waals surface area contributed by atoms with Gasteiger partial charge in [-0.15, -0.1) is 0 Å². The van der Waals surface area contributed by atoms with Gasteiger partial charge < -0.3 is 15.2 Å². The lowest BCUT2D eigenvalue weighted by Gasteiger charge is -2.13. The highest BCUT2D eigenvalue weighted by molar-refractivity contribution is 7.99. The van der Waals surface area contributed by atoms with Crippen LogP contribution in [0.4, 0.5) is 5.82 Å². The number of nitrogens with zero attached hydrogens (tertiary/aromatic N) is 2. The van der Waals surface area contributed by atoms with Crippen molar-refractivity contribution in [2.75, 3.05) is 18.6 Å². The van der Waals surface area contributed by atoms with Crippen molar-refractivity contribution in [1.82, 2.24) is 9.55 Å². The molecule has 6 nitrogen and oxygen atoms in total. The number of nitrogen functional groups attached to an aromatic ring is 1. The number of hydrogen-bond acceptors (Lipinski definition) is 6. The average Bonchev–Trinajstić information content (AvgIpc) is 2.66. The van der Waals surface area contributed by atoms with Crippen LogP contribution in [-0.4, -0.2) is 28.0 Å². The molecule has 82 valence electrons. The molecule has 1 fully saturated rings. The molecule has 0 unspecified atom stereocenters. The minimum absolute atomic E-state index is 0.213. The summed E-state index contributed by atoms with van der Waals surface area (Å²) in [6.45, 7) is 0. The summed E-state index contributed by atoms with van der Waals surface area (Å²) in [5, 5.41) is 0. The quantitative estimate of drug-likeness (QED) is 0.770. The number of ether oxygens (including phenoxy) is 2. The zero-order valence-corrected chi connectivity index (χ0v) is 8.94. The van der Waals surface area contributed by atoms with Gasteiger partial charge >= 0.3 is 5.69 Å². The van der Waals surface area contributed by atoms with Crippen molar-refractivity contribution in [1.29, 1.82) is 0 Å². The zero-order valence-electron chi connectivity index (χ0n) is 8.12. The Labute approximate surface area is 90.4 Å². The van der Waals surface area contributed by atoms with Crippen LogP contribution >= 0.6 is 11.8 Å². The molecule has 1 aliphatic heterocycles. The van der Waals surface area contributed by atoms with Gasteiger partial charge in [0, 0.05) is 19.1 Å². The van der Waals surface area contributed by atoms with Gasteiger partial charge in [-0.1, -0.05) is 11.8 Å². The van der Waals surface area contributed by atoms with Gasteiger partial charge in [0.05, 0.1) is 0 Å². The molecular weight excluding hydrogens is 218 g/mol. The number of hydrogen-bond donors (Lipinski definition) is 1. The van der Waals surface area contributed by atoms with Gasteiger partial charge in [0.15, 0.2) is 6.23 Å². The Bertz CT molecular complexity index is 408. The van der Waals surface area contributed by atoms with E-state index < -0.39 is 5.69 Å². The molecule has 15 heavy (non-hydrogen) atoms. The monoisotopic (exact) mass is 229 g/mol. The van der Waals surface area contributed by atoms with Crippen molar-refractivity contribution >= 4 is 17.6 Å². The molecule has 1 aliphatic rings. The van der Waals surface area contributed by atoms with E-state index in [1.807, 2.05) is 0 Å². The number of rotatable bonds is 2. The third-order valence-corrected chi connectivity index (χ3v) is 3.05. The highest BCUT2D eigenvalue weighted by Gasteiger charge is 2.27. The smallest absolute Gasteiger partial charge is 0.351 e. The maximum atomic E-state index is 11.5. The number of methoxy groups -OCH3 is 1. The van der Waals surface area contributed by atoms with Crippen LogP contribution in [0.2, 0.25) is 0 Å². The van der Waals surface area contributed by atoms with E-state index in [0.717, 1.165) is 0 Å². The summed E-state index contributed by atoms with van der Waals surface area (Å²) >= 11 is 1.50. The molecule has 0 spiro atoms. The summed E-state index contributed by atoms with van der Waals surface area (Å²) < 4.78 is 11.9. The minimum Gasteiger partial charge on any atom is -0.383 e. The Morgan fingerprint density at radius 2 is 2.60 bits per heavy atom. The van der Waals surface area contributed by atoms with Crippen LogP contribution in [0.15, 0.2) is 17.1 Å². The van der Waals surface area contributed by atoms with Gasteiger partial charge in [-0.3, -0.25) is 4.57 Å². The zero-order chi connectivity index (χ0) is 10.8. The predicted molar refractivity (Wildman–Crippen MR) is 56.3 cm³/mol. The molecule has 2 atom stereocenters. The van der Waals surface area contributed by atoms with Crippen molar-refractivity contribution in [3.05, 3.63) is 22.7 Å². The van der Waals surface area contributed by atoms with Crippen LogP contribution in [0.5, 0.6) is 0 Å². The van der Waals surface area contributed by atoms with Gasteiger partial charge in [0.2, 0.25) is 5.62 Å². The molecular formula is C8H11N3O3S. The van der Waals surface area contributed by atoms with E-state index in [9.17, 15) is 4.79 Å². The Kier molecular flexibility index (Phi) is 2.94. The molecule has 0 aliphatic carbocycles. The molecule has 2 heterocycles. The Morgan fingerprint density at radius 1 is 1.80 bits per heavy atom. The summed E-state index contributed by atoms with van der Waals surface area (Å²) in [5.41, 5.74) is 4.66. The highest BCUT2D eigenvalue weighted by Crippen LogP contribution is 2.30. The van der Waals surface area contributed by atoms with Crippen molar-refractivity contribution < 1.29 is 9.47 Å². The molecule has 7 heteroatoms. The molecule has 0 aromatic carbocycles. The average molecular weight is 229 g/mol. The van der Waals surface area contributed by atoms with Crippen molar-refractivity contribution in [2.24, 2.45) is 0 Å². The first-order valence-corrected chi connectivity index (χ1v) is 5.40. The fourth-order valence-corrected chi connectivity index (χ4v) is 2.19. The van der Waals surface area contributed by atoms with Gasteiger partial charge in [-0.2, -0.15) is 4.98 Å². The Hall–Kier alpha value is -1.05. The minimum atomic E-state index is -0.405. The van der Waals surface area contributed by atoms with Crippen molar-refractivity contribution in [3.63, 3.8) is 0 Å². The molecule has 2 rings (SSSR count). The number of thioether (sulfide) groups is 1.